The fraction of sp³-hybridized carbons (Fsp3) is 0.417. The van der Waals surface area contributed by atoms with Gasteiger partial charge in [-0.3, -0.25) is 4.90 Å². The highest BCUT2D eigenvalue weighted by atomic mass is 16.6. The van der Waals surface area contributed by atoms with E-state index < -0.39 is 23.7 Å². The second-order valence-electron chi connectivity index (χ2n) is 8.35. The standard InChI is InChI=1S/C24H29NO6/c1-24(2,3)31-23(27)25-13-12-17-14-19(10-11-20(17)21(25)22(26)29-5)30-15-16-6-8-18(28-4)9-7-16/h6-11,14,21H,12-13,15H2,1-5H3/t21-/m1/s1. The lowest BCUT2D eigenvalue weighted by atomic mass is 9.92. The molecule has 166 valence electrons. The van der Waals surface area contributed by atoms with Crippen LogP contribution in [0, 0.1) is 0 Å². The van der Waals surface area contributed by atoms with E-state index in [1.54, 1.807) is 33.9 Å². The van der Waals surface area contributed by atoms with E-state index in [1.807, 2.05) is 36.4 Å². The van der Waals surface area contributed by atoms with Crippen LogP contribution in [0.15, 0.2) is 42.5 Å². The van der Waals surface area contributed by atoms with Crippen LogP contribution in [0.3, 0.4) is 0 Å². The minimum absolute atomic E-state index is 0.351. The summed E-state index contributed by atoms with van der Waals surface area (Å²) in [6, 6.07) is 12.4. The molecular formula is C24H29NO6. The van der Waals surface area contributed by atoms with E-state index in [1.165, 1.54) is 12.0 Å². The number of rotatable bonds is 5. The van der Waals surface area contributed by atoms with Crippen molar-refractivity contribution in [1.29, 1.82) is 0 Å². The van der Waals surface area contributed by atoms with Crippen molar-refractivity contribution in [1.82, 2.24) is 4.90 Å². The molecule has 0 spiro atoms. The summed E-state index contributed by atoms with van der Waals surface area (Å²) in [6.07, 6.45) is 0.0512. The number of ether oxygens (including phenoxy) is 4. The van der Waals surface area contributed by atoms with Gasteiger partial charge < -0.3 is 18.9 Å². The maximum absolute atomic E-state index is 12.7. The van der Waals surface area contributed by atoms with Gasteiger partial charge in [-0.25, -0.2) is 9.59 Å². The first-order chi connectivity index (χ1) is 14.7. The zero-order chi connectivity index (χ0) is 22.6. The smallest absolute Gasteiger partial charge is 0.411 e. The third-order valence-corrected chi connectivity index (χ3v) is 4.96. The molecule has 7 heteroatoms. The Balaban J connectivity index is 1.78. The van der Waals surface area contributed by atoms with Crippen molar-refractivity contribution in [3.63, 3.8) is 0 Å². The van der Waals surface area contributed by atoms with E-state index in [9.17, 15) is 9.59 Å². The zero-order valence-electron chi connectivity index (χ0n) is 18.6. The highest BCUT2D eigenvalue weighted by Gasteiger charge is 2.39. The van der Waals surface area contributed by atoms with E-state index in [0.717, 1.165) is 22.4 Å². The van der Waals surface area contributed by atoms with E-state index >= 15 is 0 Å². The number of methoxy groups -OCH3 is 2. The number of nitrogens with zero attached hydrogens (tertiary/aromatic N) is 1. The summed E-state index contributed by atoms with van der Waals surface area (Å²) in [5.74, 6) is 0.989. The second kappa shape index (κ2) is 9.29. The summed E-state index contributed by atoms with van der Waals surface area (Å²) in [5.41, 5.74) is 2.03. The van der Waals surface area contributed by atoms with Crippen LogP contribution < -0.4 is 9.47 Å². The normalized spacial score (nSPS) is 15.6. The van der Waals surface area contributed by atoms with Crippen molar-refractivity contribution in [2.75, 3.05) is 20.8 Å². The van der Waals surface area contributed by atoms with Gasteiger partial charge in [0.15, 0.2) is 6.04 Å². The molecule has 31 heavy (non-hydrogen) atoms. The Kier molecular flexibility index (Phi) is 6.73. The maximum Gasteiger partial charge on any atom is 0.411 e. The van der Waals surface area contributed by atoms with E-state index in [4.69, 9.17) is 18.9 Å². The molecule has 0 unspecified atom stereocenters. The molecule has 2 aromatic carbocycles. The molecule has 3 rings (SSSR count). The van der Waals surface area contributed by atoms with Gasteiger partial charge in [-0.1, -0.05) is 18.2 Å². The highest BCUT2D eigenvalue weighted by Crippen LogP contribution is 2.34. The molecule has 0 aromatic heterocycles. The lowest BCUT2D eigenvalue weighted by molar-refractivity contribution is -0.147. The molecule has 2 aromatic rings. The molecule has 1 aliphatic heterocycles. The monoisotopic (exact) mass is 427 g/mol. The van der Waals surface area contributed by atoms with Crippen molar-refractivity contribution in [2.24, 2.45) is 0 Å². The molecule has 1 heterocycles. The minimum atomic E-state index is -0.848. The lowest BCUT2D eigenvalue weighted by Gasteiger charge is -2.36. The van der Waals surface area contributed by atoms with Gasteiger partial charge in [-0.2, -0.15) is 0 Å². The van der Waals surface area contributed by atoms with Gasteiger partial charge in [0.2, 0.25) is 0 Å². The number of amides is 1. The fourth-order valence-electron chi connectivity index (χ4n) is 3.46. The van der Waals surface area contributed by atoms with Crippen molar-refractivity contribution in [3.8, 4) is 11.5 Å². The molecule has 0 aliphatic carbocycles. The van der Waals surface area contributed by atoms with Crippen LogP contribution in [0.4, 0.5) is 4.79 Å². The molecule has 0 bridgehead atoms. The Morgan fingerprint density at radius 2 is 1.71 bits per heavy atom. The van der Waals surface area contributed by atoms with Crippen LogP contribution in [0.2, 0.25) is 0 Å². The van der Waals surface area contributed by atoms with E-state index in [0.29, 0.717) is 25.3 Å². The third-order valence-electron chi connectivity index (χ3n) is 4.96. The first kappa shape index (κ1) is 22.5. The Hall–Kier alpha value is -3.22. The molecule has 1 atom stereocenters. The van der Waals surface area contributed by atoms with Crippen molar-refractivity contribution < 1.29 is 28.5 Å². The molecular weight excluding hydrogens is 398 g/mol. The number of hydrogen-bond donors (Lipinski definition) is 0. The molecule has 1 amide bonds. The Labute approximate surface area is 182 Å². The molecule has 0 fully saturated rings. The predicted molar refractivity (Wildman–Crippen MR) is 115 cm³/mol. The second-order valence-corrected chi connectivity index (χ2v) is 8.35. The number of carbonyl (C=O) groups excluding carboxylic acids is 2. The van der Waals surface area contributed by atoms with Gasteiger partial charge >= 0.3 is 12.1 Å². The van der Waals surface area contributed by atoms with Gasteiger partial charge in [0, 0.05) is 6.54 Å². The average Bonchev–Trinajstić information content (AvgIpc) is 2.75. The number of benzene rings is 2. The summed E-state index contributed by atoms with van der Waals surface area (Å²) in [4.78, 5) is 26.7. The van der Waals surface area contributed by atoms with Crippen LogP contribution in [0.1, 0.15) is 43.5 Å². The topological polar surface area (TPSA) is 74.3 Å². The van der Waals surface area contributed by atoms with Crippen LogP contribution in [-0.2, 0) is 27.3 Å². The third kappa shape index (κ3) is 5.48. The van der Waals surface area contributed by atoms with Crippen LogP contribution in [0.5, 0.6) is 11.5 Å². The Morgan fingerprint density at radius 1 is 1.03 bits per heavy atom. The quantitative estimate of drug-likeness (QED) is 0.663. The fourth-order valence-corrected chi connectivity index (χ4v) is 3.46. The average molecular weight is 427 g/mol. The van der Waals surface area contributed by atoms with Crippen molar-refractivity contribution in [2.45, 2.75) is 45.4 Å². The van der Waals surface area contributed by atoms with Gasteiger partial charge in [0.25, 0.3) is 0 Å². The Bertz CT molecular complexity index is 932. The van der Waals surface area contributed by atoms with Crippen LogP contribution >= 0.6 is 0 Å². The first-order valence-corrected chi connectivity index (χ1v) is 10.2. The van der Waals surface area contributed by atoms with Gasteiger partial charge in [-0.15, -0.1) is 0 Å². The maximum atomic E-state index is 12.7. The first-order valence-electron chi connectivity index (χ1n) is 10.2. The molecule has 7 nitrogen and oxygen atoms in total. The van der Waals surface area contributed by atoms with Crippen molar-refractivity contribution >= 4 is 12.1 Å². The van der Waals surface area contributed by atoms with Crippen LogP contribution in [-0.4, -0.2) is 43.3 Å². The van der Waals surface area contributed by atoms with Crippen LogP contribution in [0.25, 0.3) is 0 Å². The summed E-state index contributed by atoms with van der Waals surface area (Å²) < 4.78 is 21.6. The summed E-state index contributed by atoms with van der Waals surface area (Å²) >= 11 is 0. The van der Waals surface area contributed by atoms with E-state index in [-0.39, 0.29) is 0 Å². The van der Waals surface area contributed by atoms with Gasteiger partial charge in [0.1, 0.15) is 23.7 Å². The largest absolute Gasteiger partial charge is 0.497 e. The lowest BCUT2D eigenvalue weighted by Crippen LogP contribution is -2.46. The Morgan fingerprint density at radius 3 is 2.32 bits per heavy atom. The van der Waals surface area contributed by atoms with Gasteiger partial charge in [-0.05, 0) is 68.1 Å². The number of hydrogen-bond acceptors (Lipinski definition) is 6. The SMILES string of the molecule is COC(=O)[C@H]1c2ccc(OCc3ccc(OC)cc3)cc2CCN1C(=O)OC(C)(C)C. The summed E-state index contributed by atoms with van der Waals surface area (Å²) in [5, 5.41) is 0. The number of fused-ring (bicyclic) bond motifs is 1. The molecule has 0 saturated heterocycles. The highest BCUT2D eigenvalue weighted by molar-refractivity contribution is 5.84. The summed E-state index contributed by atoms with van der Waals surface area (Å²) in [6.45, 7) is 6.14. The molecule has 0 radical (unpaired) electrons. The summed E-state index contributed by atoms with van der Waals surface area (Å²) in [7, 11) is 2.94. The minimum Gasteiger partial charge on any atom is -0.497 e. The van der Waals surface area contributed by atoms with Crippen molar-refractivity contribution in [3.05, 3.63) is 59.2 Å². The van der Waals surface area contributed by atoms with Gasteiger partial charge in [0.05, 0.1) is 14.2 Å². The molecule has 0 N–H and O–H groups in total. The van der Waals surface area contributed by atoms with E-state index in [2.05, 4.69) is 0 Å². The number of carbonyl (C=O) groups is 2. The molecule has 1 aliphatic rings. The predicted octanol–water partition coefficient (Wildman–Crippen LogP) is 4.28. The molecule has 0 saturated carbocycles. The number of esters is 1. The zero-order valence-corrected chi connectivity index (χ0v) is 18.6.